The molecule has 0 spiro atoms. The second-order valence-corrected chi connectivity index (χ2v) is 7.36. The van der Waals surface area contributed by atoms with E-state index in [0.717, 1.165) is 39.0 Å². The first-order chi connectivity index (χ1) is 11.1. The van der Waals surface area contributed by atoms with Gasteiger partial charge in [0.1, 0.15) is 12.1 Å². The van der Waals surface area contributed by atoms with Crippen LogP contribution in [-0.2, 0) is 22.5 Å². The number of aromatic amines is 1. The minimum Gasteiger partial charge on any atom is -0.461 e. The molecule has 3 aliphatic heterocycles. The monoisotopic (exact) mass is 318 g/mol. The van der Waals surface area contributed by atoms with Gasteiger partial charge in [0.15, 0.2) is 0 Å². The third-order valence-corrected chi connectivity index (χ3v) is 5.69. The lowest BCUT2D eigenvalue weighted by Gasteiger charge is -2.32. The number of hydrogen-bond donors (Lipinski definition) is 1. The maximum Gasteiger partial charge on any atom is 0.323 e. The maximum atomic E-state index is 12.1. The van der Waals surface area contributed by atoms with Gasteiger partial charge in [0, 0.05) is 43.1 Å². The van der Waals surface area contributed by atoms with Crippen LogP contribution < -0.4 is 0 Å². The molecular formula is C17H26N4O2. The molecule has 0 aliphatic carbocycles. The van der Waals surface area contributed by atoms with Crippen LogP contribution in [0.1, 0.15) is 49.1 Å². The summed E-state index contributed by atoms with van der Waals surface area (Å²) in [6.45, 7) is 6.01. The van der Waals surface area contributed by atoms with Crippen LogP contribution in [0.15, 0.2) is 0 Å². The van der Waals surface area contributed by atoms with Crippen molar-refractivity contribution in [3.63, 3.8) is 0 Å². The Bertz CT molecular complexity index is 591. The van der Waals surface area contributed by atoms with Gasteiger partial charge in [-0.15, -0.1) is 0 Å². The third-order valence-electron chi connectivity index (χ3n) is 5.69. The minimum absolute atomic E-state index is 0.0478. The molecule has 1 aromatic heterocycles. The number of rotatable bonds is 2. The van der Waals surface area contributed by atoms with Crippen LogP contribution in [0.25, 0.3) is 0 Å². The number of cyclic esters (lactones) is 1. The van der Waals surface area contributed by atoms with Crippen LogP contribution in [-0.4, -0.2) is 64.8 Å². The highest BCUT2D eigenvalue weighted by atomic mass is 16.6. The highest BCUT2D eigenvalue weighted by molar-refractivity contribution is 5.78. The highest BCUT2D eigenvalue weighted by Gasteiger charge is 2.39. The van der Waals surface area contributed by atoms with Crippen molar-refractivity contribution in [1.82, 2.24) is 20.0 Å². The molecule has 126 valence electrons. The van der Waals surface area contributed by atoms with Gasteiger partial charge < -0.3 is 9.64 Å². The number of aromatic nitrogens is 2. The molecule has 0 amide bonds. The van der Waals surface area contributed by atoms with E-state index in [2.05, 4.69) is 27.0 Å². The highest BCUT2D eigenvalue weighted by Crippen LogP contribution is 2.33. The zero-order valence-electron chi connectivity index (χ0n) is 14.0. The number of H-pyrrole nitrogens is 1. The van der Waals surface area contributed by atoms with Crippen molar-refractivity contribution in [3.05, 3.63) is 17.0 Å². The molecule has 0 radical (unpaired) electrons. The van der Waals surface area contributed by atoms with Crippen molar-refractivity contribution >= 4 is 5.97 Å². The molecule has 2 saturated heterocycles. The number of esters is 1. The molecule has 2 atom stereocenters. The molecular weight excluding hydrogens is 292 g/mol. The molecule has 2 unspecified atom stereocenters. The molecule has 6 nitrogen and oxygen atoms in total. The first-order valence-corrected chi connectivity index (χ1v) is 8.81. The van der Waals surface area contributed by atoms with Crippen LogP contribution in [0.4, 0.5) is 0 Å². The molecule has 4 heterocycles. The Balaban J connectivity index is 1.52. The zero-order valence-corrected chi connectivity index (χ0v) is 14.0. The number of carbonyl (C=O) groups excluding carboxylic acids is 1. The number of ether oxygens (including phenoxy) is 1. The van der Waals surface area contributed by atoms with E-state index in [1.165, 1.54) is 29.8 Å². The van der Waals surface area contributed by atoms with Crippen molar-refractivity contribution in [1.29, 1.82) is 0 Å². The fourth-order valence-corrected chi connectivity index (χ4v) is 4.26. The number of fused-ring (bicyclic) bond motifs is 1. The van der Waals surface area contributed by atoms with E-state index in [-0.39, 0.29) is 18.1 Å². The van der Waals surface area contributed by atoms with Gasteiger partial charge in [0.2, 0.25) is 0 Å². The molecule has 0 aromatic carbocycles. The van der Waals surface area contributed by atoms with Crippen molar-refractivity contribution in [2.45, 2.75) is 57.2 Å². The average Bonchev–Trinajstić information content (AvgIpc) is 3.10. The standard InChI is InChI=1S/C17H26N4O2/c1-11-9-15(17(22)23-11)21-8-5-14-13(10-21)16(19-18-14)12-3-6-20(2)7-4-12/h11-12,15H,3-10H2,1-2H3,(H,18,19). The molecule has 6 heteroatoms. The fraction of sp³-hybridized carbons (Fsp3) is 0.765. The number of piperidine rings is 1. The van der Waals surface area contributed by atoms with Crippen LogP contribution >= 0.6 is 0 Å². The first kappa shape index (κ1) is 15.1. The van der Waals surface area contributed by atoms with Crippen LogP contribution in [0.3, 0.4) is 0 Å². The van der Waals surface area contributed by atoms with Gasteiger partial charge in [-0.1, -0.05) is 0 Å². The number of carbonyl (C=O) groups is 1. The zero-order chi connectivity index (χ0) is 16.0. The van der Waals surface area contributed by atoms with Crippen LogP contribution in [0.5, 0.6) is 0 Å². The summed E-state index contributed by atoms with van der Waals surface area (Å²) in [5.74, 6) is 0.505. The van der Waals surface area contributed by atoms with E-state index in [1.807, 2.05) is 6.92 Å². The SMILES string of the molecule is CC1CC(N2CCc3[nH]nc(C4CCN(C)CC4)c3C2)C(=O)O1. The summed E-state index contributed by atoms with van der Waals surface area (Å²) in [4.78, 5) is 16.7. The van der Waals surface area contributed by atoms with Crippen molar-refractivity contribution in [2.24, 2.45) is 0 Å². The largest absolute Gasteiger partial charge is 0.461 e. The number of nitrogens with one attached hydrogen (secondary N) is 1. The minimum atomic E-state index is -0.0709. The summed E-state index contributed by atoms with van der Waals surface area (Å²) in [6, 6.07) is -0.0709. The normalized spacial score (nSPS) is 30.4. The van der Waals surface area contributed by atoms with Crippen molar-refractivity contribution in [2.75, 3.05) is 26.7 Å². The smallest absolute Gasteiger partial charge is 0.323 e. The molecule has 4 rings (SSSR count). The van der Waals surface area contributed by atoms with E-state index in [9.17, 15) is 4.79 Å². The lowest BCUT2D eigenvalue weighted by Crippen LogP contribution is -2.42. The lowest BCUT2D eigenvalue weighted by atomic mass is 9.89. The first-order valence-electron chi connectivity index (χ1n) is 8.81. The predicted molar refractivity (Wildman–Crippen MR) is 86.1 cm³/mol. The van der Waals surface area contributed by atoms with E-state index >= 15 is 0 Å². The van der Waals surface area contributed by atoms with Crippen LogP contribution in [0, 0.1) is 0 Å². The predicted octanol–water partition coefficient (Wildman–Crippen LogP) is 1.28. The van der Waals surface area contributed by atoms with Gasteiger partial charge in [-0.2, -0.15) is 5.10 Å². The van der Waals surface area contributed by atoms with E-state index in [0.29, 0.717) is 5.92 Å². The quantitative estimate of drug-likeness (QED) is 0.833. The lowest BCUT2D eigenvalue weighted by molar-refractivity contribution is -0.145. The Labute approximate surface area is 137 Å². The number of likely N-dealkylation sites (tertiary alicyclic amines) is 1. The maximum absolute atomic E-state index is 12.1. The molecule has 2 fully saturated rings. The summed E-state index contributed by atoms with van der Waals surface area (Å²) in [6.07, 6.45) is 4.17. The second kappa shape index (κ2) is 5.91. The summed E-state index contributed by atoms with van der Waals surface area (Å²) in [5.41, 5.74) is 3.87. The third kappa shape index (κ3) is 2.78. The van der Waals surface area contributed by atoms with Gasteiger partial charge in [-0.05, 0) is 39.9 Å². The molecule has 0 saturated carbocycles. The molecule has 1 aromatic rings. The molecule has 23 heavy (non-hydrogen) atoms. The van der Waals surface area contributed by atoms with Gasteiger partial charge in [0.25, 0.3) is 0 Å². The topological polar surface area (TPSA) is 61.5 Å². The van der Waals surface area contributed by atoms with E-state index in [1.54, 1.807) is 0 Å². The molecule has 0 bridgehead atoms. The van der Waals surface area contributed by atoms with Crippen LogP contribution in [0.2, 0.25) is 0 Å². The van der Waals surface area contributed by atoms with Gasteiger partial charge in [0.05, 0.1) is 5.69 Å². The van der Waals surface area contributed by atoms with Crippen molar-refractivity contribution in [3.8, 4) is 0 Å². The number of nitrogens with zero attached hydrogens (tertiary/aromatic N) is 3. The Morgan fingerprint density at radius 1 is 1.26 bits per heavy atom. The van der Waals surface area contributed by atoms with Gasteiger partial charge in [-0.3, -0.25) is 14.8 Å². The Morgan fingerprint density at radius 3 is 2.74 bits per heavy atom. The Hall–Kier alpha value is -1.40. The molecule has 3 aliphatic rings. The second-order valence-electron chi connectivity index (χ2n) is 7.36. The Kier molecular flexibility index (Phi) is 3.89. The summed E-state index contributed by atoms with van der Waals surface area (Å²) >= 11 is 0. The molecule has 1 N–H and O–H groups in total. The average molecular weight is 318 g/mol. The number of hydrogen-bond acceptors (Lipinski definition) is 5. The van der Waals surface area contributed by atoms with E-state index in [4.69, 9.17) is 4.74 Å². The van der Waals surface area contributed by atoms with Crippen molar-refractivity contribution < 1.29 is 9.53 Å². The van der Waals surface area contributed by atoms with Gasteiger partial charge >= 0.3 is 5.97 Å². The van der Waals surface area contributed by atoms with Gasteiger partial charge in [-0.25, -0.2) is 0 Å². The van der Waals surface area contributed by atoms with E-state index < -0.39 is 0 Å². The Morgan fingerprint density at radius 2 is 2.04 bits per heavy atom. The summed E-state index contributed by atoms with van der Waals surface area (Å²) < 4.78 is 5.35. The summed E-state index contributed by atoms with van der Waals surface area (Å²) in [7, 11) is 2.19. The summed E-state index contributed by atoms with van der Waals surface area (Å²) in [5, 5.41) is 7.91. The fourth-order valence-electron chi connectivity index (χ4n) is 4.26.